The number of hydrogen-bond donors (Lipinski definition) is 0. The summed E-state index contributed by atoms with van der Waals surface area (Å²) in [5.41, 5.74) is 2.37. The van der Waals surface area contributed by atoms with Crippen LogP contribution in [-0.2, 0) is 9.59 Å². The summed E-state index contributed by atoms with van der Waals surface area (Å²) in [6, 6.07) is 0. The minimum Gasteiger partial charge on any atom is -0.285 e. The first-order valence-electron chi connectivity index (χ1n) is 1.81. The molecule has 1 rings (SSSR count). The van der Waals surface area contributed by atoms with Crippen molar-refractivity contribution < 1.29 is 9.59 Å². The smallest absolute Gasteiger partial charge is 0.234 e. The van der Waals surface area contributed by atoms with E-state index in [1.165, 1.54) is 0 Å². The van der Waals surface area contributed by atoms with Gasteiger partial charge in [0.1, 0.15) is 0 Å². The van der Waals surface area contributed by atoms with Crippen LogP contribution in [-0.4, -0.2) is 11.6 Å². The highest BCUT2D eigenvalue weighted by atomic mass is 16.2. The first kappa shape index (κ1) is 4.03. The van der Waals surface area contributed by atoms with E-state index in [-0.39, 0.29) is 0 Å². The van der Waals surface area contributed by atoms with Gasteiger partial charge in [0.2, 0.25) is 11.6 Å². The van der Waals surface area contributed by atoms with Gasteiger partial charge in [-0.3, -0.25) is 9.59 Å². The highest BCUT2D eigenvalue weighted by Crippen LogP contribution is 1.86. The molecule has 0 N–H and O–H groups in total. The van der Waals surface area contributed by atoms with Crippen molar-refractivity contribution in [1.82, 2.24) is 0 Å². The molecule has 1 aliphatic carbocycles. The summed E-state index contributed by atoms with van der Waals surface area (Å²) >= 11 is 0. The van der Waals surface area contributed by atoms with Crippen LogP contribution in [0.3, 0.4) is 0 Å². The number of carbonyl (C=O) groups excluding carboxylic acids is 2. The maximum atomic E-state index is 10.1. The lowest BCUT2D eigenvalue weighted by Crippen LogP contribution is -2.01. The number of allylic oxidation sites excluding steroid dienone is 1. The highest BCUT2D eigenvalue weighted by Gasteiger charge is 2.08. The zero-order chi connectivity index (χ0) is 5.28. The molecule has 34 valence electrons. The molecule has 0 atom stereocenters. The molecule has 1 aliphatic rings. The number of carbonyl (C=O) groups is 2. The molecule has 0 saturated heterocycles. The second-order valence-corrected chi connectivity index (χ2v) is 1.18. The zero-order valence-electron chi connectivity index (χ0n) is 3.47. The topological polar surface area (TPSA) is 34.1 Å². The Balaban J connectivity index is 3.00. The van der Waals surface area contributed by atoms with Crippen molar-refractivity contribution in [1.29, 1.82) is 0 Å². The molecule has 2 heteroatoms. The van der Waals surface area contributed by atoms with Crippen molar-refractivity contribution in [2.45, 2.75) is 0 Å². The fraction of sp³-hybridized carbons (Fsp3) is 0. The van der Waals surface area contributed by atoms with Crippen molar-refractivity contribution in [2.24, 2.45) is 0 Å². The highest BCUT2D eigenvalue weighted by molar-refractivity contribution is 6.47. The molecule has 0 aromatic rings. The number of rotatable bonds is 0. The van der Waals surface area contributed by atoms with Gasteiger partial charge in [-0.2, -0.15) is 0 Å². The molecule has 0 amide bonds. The molecule has 0 aliphatic heterocycles. The van der Waals surface area contributed by atoms with Gasteiger partial charge in [0.05, 0.1) is 0 Å². The van der Waals surface area contributed by atoms with E-state index in [9.17, 15) is 9.59 Å². The van der Waals surface area contributed by atoms with Gasteiger partial charge >= 0.3 is 0 Å². The third-order valence-corrected chi connectivity index (χ3v) is 0.672. The molecule has 0 bridgehead atoms. The van der Waals surface area contributed by atoms with Gasteiger partial charge in [0.25, 0.3) is 0 Å². The molecular weight excluding hydrogens is 92.1 g/mol. The summed E-state index contributed by atoms with van der Waals surface area (Å²) < 4.78 is 0. The van der Waals surface area contributed by atoms with Crippen LogP contribution in [0.4, 0.5) is 0 Å². The minimum atomic E-state index is -0.472. The molecule has 0 saturated carbocycles. The van der Waals surface area contributed by atoms with E-state index in [0.29, 0.717) is 0 Å². The second-order valence-electron chi connectivity index (χ2n) is 1.18. The predicted octanol–water partition coefficient (Wildman–Crippen LogP) is -0.151. The van der Waals surface area contributed by atoms with Crippen molar-refractivity contribution in [3.8, 4) is 0 Å². The Kier molecular flexibility index (Phi) is 0.675. The van der Waals surface area contributed by atoms with Crippen LogP contribution in [0.2, 0.25) is 0 Å². The SMILES string of the molecule is O=C1C=C=CC1=O. The van der Waals surface area contributed by atoms with Crippen LogP contribution in [0.5, 0.6) is 0 Å². The molecular formula is C5H2O2. The van der Waals surface area contributed by atoms with E-state index in [1.54, 1.807) is 0 Å². The Labute approximate surface area is 40.1 Å². The first-order chi connectivity index (χ1) is 3.30. The monoisotopic (exact) mass is 94.0 g/mol. The fourth-order valence-electron chi connectivity index (χ4n) is 0.335. The summed E-state index contributed by atoms with van der Waals surface area (Å²) in [7, 11) is 0. The fourth-order valence-corrected chi connectivity index (χ4v) is 0.335. The standard InChI is InChI=1S/C5H2O2/c6-4-2-1-3-5(4)7/h2-3H. The number of hydrogen-bond acceptors (Lipinski definition) is 2. The predicted molar refractivity (Wildman–Crippen MR) is 22.7 cm³/mol. The average Bonchev–Trinajstić information content (AvgIpc) is 1.91. The molecule has 0 fully saturated rings. The zero-order valence-corrected chi connectivity index (χ0v) is 3.47. The lowest BCUT2D eigenvalue weighted by atomic mass is 10.3. The molecule has 0 unspecified atom stereocenters. The normalized spacial score (nSPS) is 16.6. The molecule has 0 aromatic carbocycles. The Morgan fingerprint density at radius 2 is 1.57 bits per heavy atom. The largest absolute Gasteiger partial charge is 0.285 e. The molecule has 0 spiro atoms. The Morgan fingerprint density at radius 1 is 1.14 bits per heavy atom. The van der Waals surface area contributed by atoms with Gasteiger partial charge in [-0.15, -0.1) is 5.73 Å². The Morgan fingerprint density at radius 3 is 1.71 bits per heavy atom. The summed E-state index contributed by atoms with van der Waals surface area (Å²) in [6.07, 6.45) is 2.25. The molecule has 0 radical (unpaired) electrons. The van der Waals surface area contributed by atoms with Crippen LogP contribution < -0.4 is 0 Å². The first-order valence-corrected chi connectivity index (χ1v) is 1.81. The van der Waals surface area contributed by atoms with Crippen molar-refractivity contribution >= 4 is 11.6 Å². The maximum Gasteiger partial charge on any atom is 0.234 e. The van der Waals surface area contributed by atoms with Gasteiger partial charge in [-0.05, 0) is 0 Å². The lowest BCUT2D eigenvalue weighted by molar-refractivity contribution is -0.130. The van der Waals surface area contributed by atoms with Crippen LogP contribution >= 0.6 is 0 Å². The molecule has 2 nitrogen and oxygen atoms in total. The molecule has 0 aromatic heterocycles. The summed E-state index contributed by atoms with van der Waals surface area (Å²) in [4.78, 5) is 20.2. The summed E-state index contributed by atoms with van der Waals surface area (Å²) in [5, 5.41) is 0. The van der Waals surface area contributed by atoms with Crippen LogP contribution in [0.15, 0.2) is 17.9 Å². The number of ketones is 2. The van der Waals surface area contributed by atoms with E-state index in [2.05, 4.69) is 5.73 Å². The third kappa shape index (κ3) is 0.506. The van der Waals surface area contributed by atoms with E-state index in [1.807, 2.05) is 0 Å². The third-order valence-electron chi connectivity index (χ3n) is 0.672. The van der Waals surface area contributed by atoms with E-state index in [4.69, 9.17) is 0 Å². The Bertz CT molecular complexity index is 164. The van der Waals surface area contributed by atoms with Crippen LogP contribution in [0.25, 0.3) is 0 Å². The lowest BCUT2D eigenvalue weighted by Gasteiger charge is -1.70. The van der Waals surface area contributed by atoms with Crippen LogP contribution in [0.1, 0.15) is 0 Å². The van der Waals surface area contributed by atoms with E-state index in [0.717, 1.165) is 12.2 Å². The van der Waals surface area contributed by atoms with Crippen molar-refractivity contribution in [2.75, 3.05) is 0 Å². The van der Waals surface area contributed by atoms with Gasteiger partial charge in [-0.25, -0.2) is 0 Å². The van der Waals surface area contributed by atoms with Crippen molar-refractivity contribution in [3.63, 3.8) is 0 Å². The van der Waals surface area contributed by atoms with Crippen LogP contribution in [0, 0.1) is 0 Å². The molecule has 0 heterocycles. The van der Waals surface area contributed by atoms with Gasteiger partial charge in [-0.1, -0.05) is 0 Å². The average molecular weight is 94.1 g/mol. The second kappa shape index (κ2) is 1.17. The summed E-state index contributed by atoms with van der Waals surface area (Å²) in [6.45, 7) is 0. The quantitative estimate of drug-likeness (QED) is 0.309. The van der Waals surface area contributed by atoms with Gasteiger partial charge < -0.3 is 0 Å². The van der Waals surface area contributed by atoms with E-state index >= 15 is 0 Å². The van der Waals surface area contributed by atoms with Crippen molar-refractivity contribution in [3.05, 3.63) is 17.9 Å². The van der Waals surface area contributed by atoms with E-state index < -0.39 is 11.6 Å². The Hall–Kier alpha value is -1.14. The maximum absolute atomic E-state index is 10.1. The van der Waals surface area contributed by atoms with Gasteiger partial charge in [0.15, 0.2) is 0 Å². The van der Waals surface area contributed by atoms with Gasteiger partial charge in [0, 0.05) is 12.2 Å². The summed E-state index contributed by atoms with van der Waals surface area (Å²) in [5.74, 6) is -0.944. The minimum absolute atomic E-state index is 0.472. The molecule has 7 heavy (non-hydrogen) atoms.